The molecule has 0 bridgehead atoms. The number of nitrogens with zero attached hydrogens (tertiary/aromatic N) is 1. The molecule has 0 spiro atoms. The molecule has 1 aromatic carbocycles. The van der Waals surface area contributed by atoms with Crippen LogP contribution in [-0.2, 0) is 0 Å². The number of anilines is 1. The standard InChI is InChI=1S/C13H13FN2O2S/c1-8-6-7-19-13(8)9(2)15-12-10(14)4-3-5-11(12)16(17)18/h3-7,9,15H,1-2H3. The van der Waals surface area contributed by atoms with Gasteiger partial charge in [0.2, 0.25) is 0 Å². The Morgan fingerprint density at radius 1 is 1.42 bits per heavy atom. The van der Waals surface area contributed by atoms with Crippen LogP contribution in [0.1, 0.15) is 23.4 Å². The van der Waals surface area contributed by atoms with Crippen LogP contribution in [0.4, 0.5) is 15.8 Å². The van der Waals surface area contributed by atoms with Gasteiger partial charge in [0.1, 0.15) is 5.69 Å². The van der Waals surface area contributed by atoms with Crippen LogP contribution in [0.3, 0.4) is 0 Å². The zero-order valence-electron chi connectivity index (χ0n) is 10.5. The van der Waals surface area contributed by atoms with Crippen molar-refractivity contribution in [3.63, 3.8) is 0 Å². The Bertz CT molecular complexity index is 612. The lowest BCUT2D eigenvalue weighted by Gasteiger charge is -2.15. The molecule has 0 saturated carbocycles. The van der Waals surface area contributed by atoms with Gasteiger partial charge in [-0.25, -0.2) is 4.39 Å². The van der Waals surface area contributed by atoms with Crippen molar-refractivity contribution < 1.29 is 9.31 Å². The molecule has 0 saturated heterocycles. The monoisotopic (exact) mass is 280 g/mol. The summed E-state index contributed by atoms with van der Waals surface area (Å²) < 4.78 is 13.7. The van der Waals surface area contributed by atoms with E-state index in [1.807, 2.05) is 25.3 Å². The van der Waals surface area contributed by atoms with E-state index in [0.717, 1.165) is 10.4 Å². The maximum Gasteiger partial charge on any atom is 0.295 e. The molecule has 2 aromatic rings. The van der Waals surface area contributed by atoms with Gasteiger partial charge in [0.25, 0.3) is 5.69 Å². The van der Waals surface area contributed by atoms with E-state index < -0.39 is 10.7 Å². The van der Waals surface area contributed by atoms with Crippen molar-refractivity contribution in [2.24, 2.45) is 0 Å². The fourth-order valence-corrected chi connectivity index (χ4v) is 2.85. The molecule has 19 heavy (non-hydrogen) atoms. The Morgan fingerprint density at radius 2 is 2.16 bits per heavy atom. The molecule has 0 radical (unpaired) electrons. The van der Waals surface area contributed by atoms with E-state index in [1.54, 1.807) is 11.3 Å². The van der Waals surface area contributed by atoms with Crippen molar-refractivity contribution in [1.29, 1.82) is 0 Å². The van der Waals surface area contributed by atoms with Crippen LogP contribution in [0, 0.1) is 22.9 Å². The fourth-order valence-electron chi connectivity index (χ4n) is 1.92. The average Bonchev–Trinajstić information content (AvgIpc) is 2.77. The second kappa shape index (κ2) is 5.36. The lowest BCUT2D eigenvalue weighted by molar-refractivity contribution is -0.384. The summed E-state index contributed by atoms with van der Waals surface area (Å²) in [6.07, 6.45) is 0. The van der Waals surface area contributed by atoms with Gasteiger partial charge in [0.15, 0.2) is 5.82 Å². The Balaban J connectivity index is 2.33. The van der Waals surface area contributed by atoms with Crippen molar-refractivity contribution in [1.82, 2.24) is 0 Å². The third kappa shape index (κ3) is 2.73. The highest BCUT2D eigenvalue weighted by molar-refractivity contribution is 7.10. The van der Waals surface area contributed by atoms with Gasteiger partial charge in [0, 0.05) is 10.9 Å². The molecule has 100 valence electrons. The van der Waals surface area contributed by atoms with E-state index in [0.29, 0.717) is 0 Å². The van der Waals surface area contributed by atoms with Gasteiger partial charge in [0.05, 0.1) is 11.0 Å². The molecule has 6 heteroatoms. The first-order chi connectivity index (χ1) is 9.00. The molecule has 0 aliphatic rings. The number of aryl methyl sites for hydroxylation is 1. The number of thiophene rings is 1. The summed E-state index contributed by atoms with van der Waals surface area (Å²) in [7, 11) is 0. The molecule has 0 aliphatic heterocycles. The number of benzene rings is 1. The largest absolute Gasteiger partial charge is 0.370 e. The molecule has 1 heterocycles. The predicted octanol–water partition coefficient (Wildman–Crippen LogP) is 4.28. The number of halogens is 1. The van der Waals surface area contributed by atoms with Gasteiger partial charge >= 0.3 is 0 Å². The lowest BCUT2D eigenvalue weighted by Crippen LogP contribution is -2.09. The van der Waals surface area contributed by atoms with E-state index in [9.17, 15) is 14.5 Å². The van der Waals surface area contributed by atoms with Crippen molar-refractivity contribution in [2.75, 3.05) is 5.32 Å². The quantitative estimate of drug-likeness (QED) is 0.672. The van der Waals surface area contributed by atoms with E-state index in [1.165, 1.54) is 18.2 Å². The number of hydrogen-bond donors (Lipinski definition) is 1. The van der Waals surface area contributed by atoms with Crippen molar-refractivity contribution in [2.45, 2.75) is 19.9 Å². The van der Waals surface area contributed by atoms with Gasteiger partial charge in [-0.2, -0.15) is 0 Å². The minimum absolute atomic E-state index is 0.0622. The van der Waals surface area contributed by atoms with E-state index in [4.69, 9.17) is 0 Å². The van der Waals surface area contributed by atoms with E-state index >= 15 is 0 Å². The minimum atomic E-state index is -0.616. The van der Waals surface area contributed by atoms with E-state index in [2.05, 4.69) is 5.32 Å². The first-order valence-corrected chi connectivity index (χ1v) is 6.62. The lowest BCUT2D eigenvalue weighted by atomic mass is 10.1. The SMILES string of the molecule is Cc1ccsc1C(C)Nc1c(F)cccc1[N+](=O)[O-]. The predicted molar refractivity (Wildman–Crippen MR) is 74.1 cm³/mol. The summed E-state index contributed by atoms with van der Waals surface area (Å²) in [6.45, 7) is 3.81. The summed E-state index contributed by atoms with van der Waals surface area (Å²) in [5, 5.41) is 15.8. The molecule has 2 rings (SSSR count). The zero-order valence-corrected chi connectivity index (χ0v) is 11.3. The second-order valence-electron chi connectivity index (χ2n) is 4.22. The topological polar surface area (TPSA) is 55.2 Å². The normalized spacial score (nSPS) is 12.2. The van der Waals surface area contributed by atoms with Crippen LogP contribution in [0.25, 0.3) is 0 Å². The molecule has 1 atom stereocenters. The minimum Gasteiger partial charge on any atom is -0.370 e. The van der Waals surface area contributed by atoms with Crippen molar-refractivity contribution in [3.05, 3.63) is 56.0 Å². The number of nitro groups is 1. The van der Waals surface area contributed by atoms with Gasteiger partial charge in [-0.3, -0.25) is 10.1 Å². The molecular formula is C13H13FN2O2S. The van der Waals surface area contributed by atoms with Gasteiger partial charge in [-0.05, 0) is 36.9 Å². The van der Waals surface area contributed by atoms with Crippen LogP contribution >= 0.6 is 11.3 Å². The highest BCUT2D eigenvalue weighted by atomic mass is 32.1. The summed E-state index contributed by atoms with van der Waals surface area (Å²) in [4.78, 5) is 11.4. The maximum absolute atomic E-state index is 13.7. The molecule has 0 aliphatic carbocycles. The van der Waals surface area contributed by atoms with Crippen LogP contribution in [0.2, 0.25) is 0 Å². The average molecular weight is 280 g/mol. The van der Waals surface area contributed by atoms with Crippen LogP contribution in [-0.4, -0.2) is 4.92 Å². The summed E-state index contributed by atoms with van der Waals surface area (Å²) in [5.74, 6) is -0.616. The van der Waals surface area contributed by atoms with E-state index in [-0.39, 0.29) is 17.4 Å². The molecule has 1 aromatic heterocycles. The maximum atomic E-state index is 13.7. The first kappa shape index (κ1) is 13.5. The van der Waals surface area contributed by atoms with Crippen molar-refractivity contribution >= 4 is 22.7 Å². The summed E-state index contributed by atoms with van der Waals surface area (Å²) in [6, 6.07) is 5.62. The van der Waals surface area contributed by atoms with Crippen molar-refractivity contribution in [3.8, 4) is 0 Å². The molecule has 1 N–H and O–H groups in total. The summed E-state index contributed by atoms with van der Waals surface area (Å²) >= 11 is 1.54. The highest BCUT2D eigenvalue weighted by Crippen LogP contribution is 2.32. The molecular weight excluding hydrogens is 267 g/mol. The second-order valence-corrected chi connectivity index (χ2v) is 5.17. The van der Waals surface area contributed by atoms with Gasteiger partial charge in [-0.1, -0.05) is 6.07 Å². The Hall–Kier alpha value is -1.95. The fraction of sp³-hybridized carbons (Fsp3) is 0.231. The number of para-hydroxylation sites is 1. The van der Waals surface area contributed by atoms with Crippen LogP contribution in [0.15, 0.2) is 29.6 Å². The molecule has 1 unspecified atom stereocenters. The molecule has 4 nitrogen and oxygen atoms in total. The van der Waals surface area contributed by atoms with Crippen LogP contribution in [0.5, 0.6) is 0 Å². The third-order valence-corrected chi connectivity index (χ3v) is 4.05. The number of nitro benzene ring substituents is 1. The summed E-state index contributed by atoms with van der Waals surface area (Å²) in [5.41, 5.74) is 0.776. The van der Waals surface area contributed by atoms with Gasteiger partial charge in [-0.15, -0.1) is 11.3 Å². The highest BCUT2D eigenvalue weighted by Gasteiger charge is 2.20. The Morgan fingerprint density at radius 3 is 2.74 bits per heavy atom. The smallest absolute Gasteiger partial charge is 0.295 e. The number of rotatable bonds is 4. The number of nitrogens with one attached hydrogen (secondary N) is 1. The Kier molecular flexibility index (Phi) is 3.80. The molecule has 0 fully saturated rings. The zero-order chi connectivity index (χ0) is 14.0. The number of hydrogen-bond acceptors (Lipinski definition) is 4. The molecule has 0 amide bonds. The first-order valence-electron chi connectivity index (χ1n) is 5.74. The third-order valence-electron chi connectivity index (χ3n) is 2.84. The Labute approximate surface area is 114 Å². The van der Waals surface area contributed by atoms with Crippen LogP contribution < -0.4 is 5.32 Å². The van der Waals surface area contributed by atoms with Gasteiger partial charge < -0.3 is 5.32 Å².